The number of fused-ring (bicyclic) bond motifs is 2. The number of anilines is 1. The Morgan fingerprint density at radius 3 is 2.41 bits per heavy atom. The van der Waals surface area contributed by atoms with Crippen molar-refractivity contribution in [1.29, 1.82) is 5.26 Å². The van der Waals surface area contributed by atoms with Crippen LogP contribution in [0.15, 0.2) is 107 Å². The van der Waals surface area contributed by atoms with E-state index in [2.05, 4.69) is 74.3 Å². The summed E-state index contributed by atoms with van der Waals surface area (Å²) in [7, 11) is 0. The number of hydrogen-bond donors (Lipinski definition) is 1. The Morgan fingerprint density at radius 1 is 0.912 bits per heavy atom. The van der Waals surface area contributed by atoms with Crippen LogP contribution >= 0.6 is 15.9 Å². The monoisotopic (exact) mass is 505 g/mol. The summed E-state index contributed by atoms with van der Waals surface area (Å²) in [5.41, 5.74) is 3.78. The Morgan fingerprint density at radius 2 is 1.62 bits per heavy atom. The first-order valence-corrected chi connectivity index (χ1v) is 11.6. The van der Waals surface area contributed by atoms with Crippen LogP contribution in [0.25, 0.3) is 27.8 Å². The van der Waals surface area contributed by atoms with Crippen LogP contribution in [0, 0.1) is 11.3 Å². The summed E-state index contributed by atoms with van der Waals surface area (Å²) in [5.74, 6) is -0.435. The van der Waals surface area contributed by atoms with E-state index < -0.39 is 5.91 Å². The highest BCUT2D eigenvalue weighted by molar-refractivity contribution is 9.10. The lowest BCUT2D eigenvalue weighted by Gasteiger charge is -2.09. The van der Waals surface area contributed by atoms with Crippen molar-refractivity contribution < 1.29 is 4.79 Å². The molecule has 0 radical (unpaired) electrons. The quantitative estimate of drug-likeness (QED) is 0.203. The van der Waals surface area contributed by atoms with Gasteiger partial charge in [0.2, 0.25) is 0 Å². The van der Waals surface area contributed by atoms with Crippen LogP contribution < -0.4 is 5.32 Å². The molecule has 0 aliphatic carbocycles. The highest BCUT2D eigenvalue weighted by Gasteiger charge is 2.13. The number of nitriles is 1. The van der Waals surface area contributed by atoms with Gasteiger partial charge in [-0.25, -0.2) is 0 Å². The Hall–Kier alpha value is -4.14. The van der Waals surface area contributed by atoms with E-state index in [-0.39, 0.29) is 5.57 Å². The number of nitrogens with one attached hydrogen (secondary N) is 1. The van der Waals surface area contributed by atoms with Gasteiger partial charge >= 0.3 is 0 Å². The second kappa shape index (κ2) is 9.38. The van der Waals surface area contributed by atoms with Crippen molar-refractivity contribution in [2.45, 2.75) is 6.54 Å². The Balaban J connectivity index is 1.51. The second-order valence-corrected chi connectivity index (χ2v) is 8.91. The van der Waals surface area contributed by atoms with E-state index in [1.807, 2.05) is 42.6 Å². The molecule has 1 amide bonds. The molecule has 1 heterocycles. The van der Waals surface area contributed by atoms with Gasteiger partial charge in [-0.2, -0.15) is 5.26 Å². The first-order valence-electron chi connectivity index (χ1n) is 10.9. The van der Waals surface area contributed by atoms with Crippen molar-refractivity contribution in [2.24, 2.45) is 0 Å². The van der Waals surface area contributed by atoms with Crippen LogP contribution in [0.2, 0.25) is 0 Å². The number of hydrogen-bond acceptors (Lipinski definition) is 2. The lowest BCUT2D eigenvalue weighted by Crippen LogP contribution is -2.13. The normalized spacial score (nSPS) is 11.5. The molecule has 4 aromatic carbocycles. The number of carbonyl (C=O) groups excluding carboxylic acids is 1. The van der Waals surface area contributed by atoms with E-state index in [0.29, 0.717) is 12.2 Å². The maximum absolute atomic E-state index is 12.8. The van der Waals surface area contributed by atoms with E-state index in [0.717, 1.165) is 20.9 Å². The fraction of sp³-hybridized carbons (Fsp3) is 0.0345. The number of benzene rings is 4. The predicted molar refractivity (Wildman–Crippen MR) is 141 cm³/mol. The largest absolute Gasteiger partial charge is 0.342 e. The molecule has 0 spiro atoms. The minimum atomic E-state index is -0.435. The van der Waals surface area contributed by atoms with E-state index in [4.69, 9.17) is 0 Å². The van der Waals surface area contributed by atoms with Gasteiger partial charge in [0, 0.05) is 39.4 Å². The molecule has 0 aliphatic heterocycles. The smallest absolute Gasteiger partial charge is 0.266 e. The second-order valence-electron chi connectivity index (χ2n) is 8.00. The highest BCUT2D eigenvalue weighted by Crippen LogP contribution is 2.27. The molecule has 0 aliphatic rings. The van der Waals surface area contributed by atoms with Gasteiger partial charge in [-0.1, -0.05) is 76.6 Å². The number of aromatic nitrogens is 1. The van der Waals surface area contributed by atoms with Crippen LogP contribution in [0.3, 0.4) is 0 Å². The molecule has 5 rings (SSSR count). The average Bonchev–Trinajstić information content (AvgIpc) is 3.21. The SMILES string of the molecule is N#C/C(=C/c1cn(Cc2cccc3ccccc23)c2ccccc12)C(=O)Nc1ccc(Br)cc1. The minimum absolute atomic E-state index is 0.0518. The van der Waals surface area contributed by atoms with E-state index in [1.54, 1.807) is 18.2 Å². The van der Waals surface area contributed by atoms with Gasteiger partial charge in [-0.3, -0.25) is 4.79 Å². The minimum Gasteiger partial charge on any atom is -0.342 e. The third kappa shape index (κ3) is 4.36. The predicted octanol–water partition coefficient (Wildman–Crippen LogP) is 7.15. The van der Waals surface area contributed by atoms with Gasteiger partial charge < -0.3 is 9.88 Å². The molecule has 5 heteroatoms. The van der Waals surface area contributed by atoms with E-state index >= 15 is 0 Å². The number of nitrogens with zero attached hydrogens (tertiary/aromatic N) is 2. The summed E-state index contributed by atoms with van der Waals surface area (Å²) in [5, 5.41) is 15.9. The van der Waals surface area contributed by atoms with Crippen molar-refractivity contribution in [3.63, 3.8) is 0 Å². The molecule has 0 saturated heterocycles. The molecule has 5 aromatic rings. The number of halogens is 1. The van der Waals surface area contributed by atoms with Crippen molar-refractivity contribution in [2.75, 3.05) is 5.32 Å². The lowest BCUT2D eigenvalue weighted by atomic mass is 10.0. The van der Waals surface area contributed by atoms with Gasteiger partial charge in [0.1, 0.15) is 11.6 Å². The number of para-hydroxylation sites is 1. The zero-order valence-electron chi connectivity index (χ0n) is 18.2. The topological polar surface area (TPSA) is 57.8 Å². The first-order chi connectivity index (χ1) is 16.6. The Labute approximate surface area is 205 Å². The molecule has 34 heavy (non-hydrogen) atoms. The number of amides is 1. The van der Waals surface area contributed by atoms with Gasteiger partial charge in [-0.05, 0) is 52.7 Å². The number of carbonyl (C=O) groups is 1. The Kier molecular flexibility index (Phi) is 5.99. The zero-order valence-corrected chi connectivity index (χ0v) is 19.8. The summed E-state index contributed by atoms with van der Waals surface area (Å²) in [4.78, 5) is 12.8. The highest BCUT2D eigenvalue weighted by atomic mass is 79.9. The molecular formula is C29H20BrN3O. The van der Waals surface area contributed by atoms with Gasteiger partial charge in [0.25, 0.3) is 5.91 Å². The van der Waals surface area contributed by atoms with E-state index in [1.165, 1.54) is 16.3 Å². The molecule has 164 valence electrons. The molecule has 0 bridgehead atoms. The summed E-state index contributed by atoms with van der Waals surface area (Å²) in [6, 6.07) is 32.0. The number of rotatable bonds is 5. The molecule has 4 nitrogen and oxygen atoms in total. The summed E-state index contributed by atoms with van der Waals surface area (Å²) >= 11 is 3.38. The van der Waals surface area contributed by atoms with Crippen molar-refractivity contribution >= 4 is 55.3 Å². The van der Waals surface area contributed by atoms with Gasteiger partial charge in [0.15, 0.2) is 0 Å². The van der Waals surface area contributed by atoms with Crippen LogP contribution in [-0.4, -0.2) is 10.5 Å². The standard InChI is InChI=1S/C29H20BrN3O/c30-24-12-14-25(15-13-24)32-29(34)22(17-31)16-23-19-33(28-11-4-3-10-27(23)28)18-21-8-5-7-20-6-1-2-9-26(20)21/h1-16,19H,18H2,(H,32,34)/b22-16-. The molecular weight excluding hydrogens is 486 g/mol. The summed E-state index contributed by atoms with van der Waals surface area (Å²) in [6.07, 6.45) is 3.67. The van der Waals surface area contributed by atoms with Gasteiger partial charge in [0.05, 0.1) is 0 Å². The molecule has 1 N–H and O–H groups in total. The summed E-state index contributed by atoms with van der Waals surface area (Å²) in [6.45, 7) is 0.683. The molecule has 0 atom stereocenters. The fourth-order valence-electron chi connectivity index (χ4n) is 4.17. The zero-order chi connectivity index (χ0) is 23.5. The van der Waals surface area contributed by atoms with Crippen molar-refractivity contribution in [3.8, 4) is 6.07 Å². The van der Waals surface area contributed by atoms with Crippen molar-refractivity contribution in [3.05, 3.63) is 118 Å². The first kappa shape index (κ1) is 21.7. The molecule has 1 aromatic heterocycles. The maximum atomic E-state index is 12.8. The van der Waals surface area contributed by atoms with Crippen molar-refractivity contribution in [1.82, 2.24) is 4.57 Å². The average molecular weight is 506 g/mol. The molecule has 0 saturated carbocycles. The fourth-order valence-corrected chi connectivity index (χ4v) is 4.43. The van der Waals surface area contributed by atoms with E-state index in [9.17, 15) is 10.1 Å². The molecule has 0 fully saturated rings. The van der Waals surface area contributed by atoms with Gasteiger partial charge in [-0.15, -0.1) is 0 Å². The maximum Gasteiger partial charge on any atom is 0.266 e. The lowest BCUT2D eigenvalue weighted by molar-refractivity contribution is -0.112. The summed E-state index contributed by atoms with van der Waals surface area (Å²) < 4.78 is 3.09. The molecule has 0 unspecified atom stereocenters. The third-order valence-corrected chi connectivity index (χ3v) is 6.34. The van der Waals surface area contributed by atoms with Crippen LogP contribution in [0.1, 0.15) is 11.1 Å². The van der Waals surface area contributed by atoms with Crippen LogP contribution in [-0.2, 0) is 11.3 Å². The third-order valence-electron chi connectivity index (χ3n) is 5.81. The Bertz CT molecular complexity index is 1580. The van der Waals surface area contributed by atoms with Crippen LogP contribution in [0.4, 0.5) is 5.69 Å². The van der Waals surface area contributed by atoms with Crippen LogP contribution in [0.5, 0.6) is 0 Å².